The summed E-state index contributed by atoms with van der Waals surface area (Å²) in [7, 11) is 0. The number of hydrogen-bond acceptors (Lipinski definition) is 4. The summed E-state index contributed by atoms with van der Waals surface area (Å²) in [4.78, 5) is 8.83. The molecule has 20 heavy (non-hydrogen) atoms. The molecule has 0 bridgehead atoms. The maximum absolute atomic E-state index is 5.58. The average molecular weight is 268 g/mol. The quantitative estimate of drug-likeness (QED) is 0.730. The normalized spacial score (nSPS) is 11.2. The number of hydrogen-bond donors (Lipinski definition) is 0. The highest BCUT2D eigenvalue weighted by Crippen LogP contribution is 2.17. The van der Waals surface area contributed by atoms with E-state index in [1.165, 1.54) is 0 Å². The van der Waals surface area contributed by atoms with E-state index in [0.717, 1.165) is 16.9 Å². The fourth-order valence-electron chi connectivity index (χ4n) is 1.88. The van der Waals surface area contributed by atoms with Crippen LogP contribution in [-0.4, -0.2) is 26.4 Å². The van der Waals surface area contributed by atoms with E-state index in [1.807, 2.05) is 30.3 Å². The summed E-state index contributed by atoms with van der Waals surface area (Å²) in [5.41, 5.74) is 2.43. The minimum atomic E-state index is 0.458. The Balaban J connectivity index is 1.94. The summed E-state index contributed by atoms with van der Waals surface area (Å²) in [5, 5.41) is 4.34. The van der Waals surface area contributed by atoms with Gasteiger partial charge in [-0.25, -0.2) is 14.6 Å². The highest BCUT2D eigenvalue weighted by atomic mass is 16.5. The predicted octanol–water partition coefficient (Wildman–Crippen LogP) is 2.85. The van der Waals surface area contributed by atoms with Gasteiger partial charge in [0, 0.05) is 0 Å². The first-order valence-electron chi connectivity index (χ1n) is 6.63. The maximum atomic E-state index is 5.58. The summed E-state index contributed by atoms with van der Waals surface area (Å²) in [5.74, 6) is 0.998. The molecule has 0 saturated carbocycles. The second-order valence-corrected chi connectivity index (χ2v) is 5.01. The maximum Gasteiger partial charge on any atom is 0.233 e. The Hall–Kier alpha value is -2.43. The van der Waals surface area contributed by atoms with Gasteiger partial charge < -0.3 is 4.74 Å². The number of benzene rings is 1. The van der Waals surface area contributed by atoms with Crippen LogP contribution in [0.1, 0.15) is 13.8 Å². The average Bonchev–Trinajstić information content (AvgIpc) is 2.89. The van der Waals surface area contributed by atoms with Crippen LogP contribution >= 0.6 is 0 Å². The van der Waals surface area contributed by atoms with E-state index in [-0.39, 0.29) is 0 Å². The molecule has 5 nitrogen and oxygen atoms in total. The van der Waals surface area contributed by atoms with Crippen molar-refractivity contribution in [2.75, 3.05) is 6.61 Å². The molecule has 0 atom stereocenters. The zero-order valence-electron chi connectivity index (χ0n) is 11.5. The third kappa shape index (κ3) is 2.47. The number of fused-ring (bicyclic) bond motifs is 1. The lowest BCUT2D eigenvalue weighted by Gasteiger charge is -2.07. The SMILES string of the molecule is CC(C)COc1cnc2c(cnn2-c2ccccc2)n1. The molecule has 0 unspecified atom stereocenters. The van der Waals surface area contributed by atoms with Crippen LogP contribution in [0.15, 0.2) is 42.7 Å². The standard InChI is InChI=1S/C15H16N4O/c1-11(2)10-20-14-9-16-15-13(18-14)8-17-19(15)12-6-4-3-5-7-12/h3-9,11H,10H2,1-2H3. The van der Waals surface area contributed by atoms with Gasteiger partial charge in [0.1, 0.15) is 5.52 Å². The van der Waals surface area contributed by atoms with Crippen molar-refractivity contribution in [3.05, 3.63) is 42.7 Å². The van der Waals surface area contributed by atoms with Gasteiger partial charge in [0.05, 0.1) is 24.7 Å². The van der Waals surface area contributed by atoms with Gasteiger partial charge in [-0.05, 0) is 18.1 Å². The van der Waals surface area contributed by atoms with Crippen molar-refractivity contribution < 1.29 is 4.74 Å². The second kappa shape index (κ2) is 5.28. The van der Waals surface area contributed by atoms with Crippen molar-refractivity contribution >= 4 is 11.2 Å². The molecule has 1 aromatic carbocycles. The van der Waals surface area contributed by atoms with Gasteiger partial charge in [-0.15, -0.1) is 0 Å². The molecular weight excluding hydrogens is 252 g/mol. The summed E-state index contributed by atoms with van der Waals surface area (Å²) in [6.07, 6.45) is 3.35. The highest BCUT2D eigenvalue weighted by Gasteiger charge is 2.09. The first kappa shape index (κ1) is 12.6. The van der Waals surface area contributed by atoms with Gasteiger partial charge >= 0.3 is 0 Å². The van der Waals surface area contributed by atoms with Crippen LogP contribution in [0, 0.1) is 5.92 Å². The minimum absolute atomic E-state index is 0.458. The third-order valence-corrected chi connectivity index (χ3v) is 2.82. The molecule has 3 aromatic rings. The highest BCUT2D eigenvalue weighted by molar-refractivity contribution is 5.71. The molecule has 2 aromatic heterocycles. The lowest BCUT2D eigenvalue weighted by Crippen LogP contribution is -2.06. The molecule has 0 radical (unpaired) electrons. The Kier molecular flexibility index (Phi) is 3.33. The lowest BCUT2D eigenvalue weighted by atomic mass is 10.2. The predicted molar refractivity (Wildman–Crippen MR) is 77.0 cm³/mol. The molecule has 0 amide bonds. The van der Waals surface area contributed by atoms with E-state index in [1.54, 1.807) is 17.1 Å². The number of para-hydroxylation sites is 1. The van der Waals surface area contributed by atoms with E-state index in [4.69, 9.17) is 4.74 Å². The van der Waals surface area contributed by atoms with Crippen molar-refractivity contribution in [2.45, 2.75) is 13.8 Å². The van der Waals surface area contributed by atoms with Gasteiger partial charge in [0.2, 0.25) is 5.88 Å². The molecule has 0 saturated heterocycles. The zero-order valence-corrected chi connectivity index (χ0v) is 11.5. The van der Waals surface area contributed by atoms with Crippen LogP contribution < -0.4 is 4.74 Å². The summed E-state index contributed by atoms with van der Waals surface area (Å²) in [6.45, 7) is 4.83. The molecule has 0 fully saturated rings. The minimum Gasteiger partial charge on any atom is -0.476 e. The Morgan fingerprint density at radius 2 is 1.95 bits per heavy atom. The van der Waals surface area contributed by atoms with Gasteiger partial charge in [0.25, 0.3) is 0 Å². The molecule has 0 spiro atoms. The van der Waals surface area contributed by atoms with Crippen molar-refractivity contribution in [1.29, 1.82) is 0 Å². The van der Waals surface area contributed by atoms with E-state index < -0.39 is 0 Å². The lowest BCUT2D eigenvalue weighted by molar-refractivity contribution is 0.261. The monoisotopic (exact) mass is 268 g/mol. The van der Waals surface area contributed by atoms with Crippen LogP contribution in [0.2, 0.25) is 0 Å². The third-order valence-electron chi connectivity index (χ3n) is 2.82. The smallest absolute Gasteiger partial charge is 0.233 e. The molecular formula is C15H16N4O. The van der Waals surface area contributed by atoms with Gasteiger partial charge in [-0.3, -0.25) is 0 Å². The van der Waals surface area contributed by atoms with Gasteiger partial charge in [0.15, 0.2) is 5.65 Å². The fourth-order valence-corrected chi connectivity index (χ4v) is 1.88. The molecule has 0 N–H and O–H groups in total. The van der Waals surface area contributed by atoms with Crippen LogP contribution in [0.4, 0.5) is 0 Å². The van der Waals surface area contributed by atoms with Crippen LogP contribution in [0.3, 0.4) is 0 Å². The van der Waals surface area contributed by atoms with E-state index in [0.29, 0.717) is 18.4 Å². The molecule has 3 rings (SSSR count). The fraction of sp³-hybridized carbons (Fsp3) is 0.267. The Bertz CT molecular complexity index is 706. The number of aromatic nitrogens is 4. The molecule has 102 valence electrons. The summed E-state index contributed by atoms with van der Waals surface area (Å²) >= 11 is 0. The summed E-state index contributed by atoms with van der Waals surface area (Å²) < 4.78 is 7.35. The van der Waals surface area contributed by atoms with E-state index >= 15 is 0 Å². The van der Waals surface area contributed by atoms with Crippen molar-refractivity contribution in [1.82, 2.24) is 19.7 Å². The Morgan fingerprint density at radius 3 is 2.70 bits per heavy atom. The molecule has 0 aliphatic heterocycles. The van der Waals surface area contributed by atoms with Crippen molar-refractivity contribution in [3.63, 3.8) is 0 Å². The van der Waals surface area contributed by atoms with Gasteiger partial charge in [-0.2, -0.15) is 5.10 Å². The molecule has 0 aliphatic carbocycles. The molecule has 2 heterocycles. The van der Waals surface area contributed by atoms with Crippen molar-refractivity contribution in [3.8, 4) is 11.6 Å². The topological polar surface area (TPSA) is 52.8 Å². The Labute approximate surface area is 117 Å². The summed E-state index contributed by atoms with van der Waals surface area (Å²) in [6, 6.07) is 9.88. The molecule has 5 heteroatoms. The van der Waals surface area contributed by atoms with E-state index in [2.05, 4.69) is 28.9 Å². The second-order valence-electron chi connectivity index (χ2n) is 5.01. The van der Waals surface area contributed by atoms with Crippen LogP contribution in [-0.2, 0) is 0 Å². The first-order valence-corrected chi connectivity index (χ1v) is 6.63. The van der Waals surface area contributed by atoms with Crippen LogP contribution in [0.25, 0.3) is 16.9 Å². The Morgan fingerprint density at radius 1 is 1.15 bits per heavy atom. The van der Waals surface area contributed by atoms with Gasteiger partial charge in [-0.1, -0.05) is 32.0 Å². The number of nitrogens with zero attached hydrogens (tertiary/aromatic N) is 4. The molecule has 0 aliphatic rings. The van der Waals surface area contributed by atoms with Crippen LogP contribution in [0.5, 0.6) is 5.88 Å². The first-order chi connectivity index (χ1) is 9.74. The van der Waals surface area contributed by atoms with E-state index in [9.17, 15) is 0 Å². The number of rotatable bonds is 4. The van der Waals surface area contributed by atoms with Crippen molar-refractivity contribution in [2.24, 2.45) is 5.92 Å². The largest absolute Gasteiger partial charge is 0.476 e. The zero-order chi connectivity index (χ0) is 13.9. The number of ether oxygens (including phenoxy) is 1.